The highest BCUT2D eigenvalue weighted by Gasteiger charge is 2.31. The fourth-order valence-corrected chi connectivity index (χ4v) is 4.39. The number of aromatic nitrogens is 1. The number of nitrogens with one attached hydrogen (secondary N) is 1. The summed E-state index contributed by atoms with van der Waals surface area (Å²) >= 11 is -0.278. The lowest BCUT2D eigenvalue weighted by Gasteiger charge is -2.16. The van der Waals surface area contributed by atoms with Crippen molar-refractivity contribution in [3.05, 3.63) is 96.1 Å². The second-order valence-corrected chi connectivity index (χ2v) is 9.14. The van der Waals surface area contributed by atoms with Crippen LogP contribution >= 0.6 is 11.8 Å². The van der Waals surface area contributed by atoms with Crippen LogP contribution in [-0.2, 0) is 6.18 Å². The summed E-state index contributed by atoms with van der Waals surface area (Å²) in [6.07, 6.45) is -4.54. The first kappa shape index (κ1) is 25.6. The van der Waals surface area contributed by atoms with Crippen LogP contribution in [-0.4, -0.2) is 15.2 Å². The van der Waals surface area contributed by atoms with Crippen LogP contribution < -0.4 is 5.32 Å². The smallest absolute Gasteiger partial charge is 0.446 e. The number of nitrogens with zero attached hydrogens (tertiary/aromatic N) is 1. The minimum Gasteiger partial charge on any atom is -0.493 e. The van der Waals surface area contributed by atoms with Gasteiger partial charge in [0.2, 0.25) is 5.88 Å². The number of aromatic hydroxyl groups is 1. The van der Waals surface area contributed by atoms with Gasteiger partial charge in [0.05, 0.1) is 16.9 Å². The van der Waals surface area contributed by atoms with Gasteiger partial charge in [-0.1, -0.05) is 42.5 Å². The molecule has 2 N–H and O–H groups in total. The number of anilines is 1. The van der Waals surface area contributed by atoms with E-state index in [0.29, 0.717) is 11.3 Å². The molecule has 0 aliphatic heterocycles. The van der Waals surface area contributed by atoms with Crippen LogP contribution in [0.15, 0.2) is 89.8 Å². The molecule has 3 aromatic carbocycles. The number of alkyl halides is 6. The van der Waals surface area contributed by atoms with Crippen molar-refractivity contribution in [3.63, 3.8) is 0 Å². The highest BCUT2D eigenvalue weighted by Crippen LogP contribution is 2.42. The van der Waals surface area contributed by atoms with Crippen molar-refractivity contribution < 1.29 is 31.4 Å². The van der Waals surface area contributed by atoms with Crippen LogP contribution in [0.25, 0.3) is 16.9 Å². The first-order valence-electron chi connectivity index (χ1n) is 10.7. The summed E-state index contributed by atoms with van der Waals surface area (Å²) in [5, 5.41) is 14.3. The Morgan fingerprint density at radius 3 is 2.11 bits per heavy atom. The molecule has 4 aromatic rings. The second kappa shape index (κ2) is 9.85. The lowest BCUT2D eigenvalue weighted by atomic mass is 10.1. The Hall–Kier alpha value is -3.53. The molecule has 1 atom stereocenters. The predicted molar refractivity (Wildman–Crippen MR) is 128 cm³/mol. The Labute approximate surface area is 207 Å². The Balaban J connectivity index is 1.81. The van der Waals surface area contributed by atoms with E-state index in [1.165, 1.54) is 34.9 Å². The van der Waals surface area contributed by atoms with E-state index in [9.17, 15) is 31.4 Å². The van der Waals surface area contributed by atoms with Gasteiger partial charge in [-0.15, -0.1) is 0 Å². The molecule has 0 unspecified atom stereocenters. The number of rotatable bonds is 6. The zero-order valence-corrected chi connectivity index (χ0v) is 19.5. The van der Waals surface area contributed by atoms with E-state index in [0.717, 1.165) is 17.7 Å². The van der Waals surface area contributed by atoms with Crippen molar-refractivity contribution in [2.24, 2.45) is 0 Å². The van der Waals surface area contributed by atoms with Gasteiger partial charge in [-0.3, -0.25) is 4.57 Å². The molecule has 0 saturated heterocycles. The molecule has 0 radical (unpaired) electrons. The minimum atomic E-state index is -4.54. The molecule has 0 fully saturated rings. The monoisotopic (exact) mass is 522 g/mol. The standard InChI is InChI=1S/C26H20F6N2OS/c1-16(17-6-3-2-4-7-17)33-22-15-23(18-8-5-9-21(14-18)36-26(30,31)32)34(24(22)35)20-12-10-19(11-13-20)25(27,28)29/h2-16,33,35H,1H3/t16-/m1/s1. The van der Waals surface area contributed by atoms with E-state index in [1.54, 1.807) is 12.1 Å². The maximum atomic E-state index is 13.1. The summed E-state index contributed by atoms with van der Waals surface area (Å²) in [7, 11) is 0. The van der Waals surface area contributed by atoms with Gasteiger partial charge in [0.25, 0.3) is 0 Å². The van der Waals surface area contributed by atoms with Crippen molar-refractivity contribution in [2.45, 2.75) is 29.5 Å². The van der Waals surface area contributed by atoms with Crippen LogP contribution in [0.1, 0.15) is 24.1 Å². The Bertz CT molecular complexity index is 1330. The highest BCUT2D eigenvalue weighted by molar-refractivity contribution is 8.00. The Morgan fingerprint density at radius 1 is 0.833 bits per heavy atom. The third kappa shape index (κ3) is 5.81. The van der Waals surface area contributed by atoms with Crippen LogP contribution in [0.5, 0.6) is 5.88 Å². The van der Waals surface area contributed by atoms with E-state index in [2.05, 4.69) is 5.32 Å². The van der Waals surface area contributed by atoms with Gasteiger partial charge < -0.3 is 10.4 Å². The van der Waals surface area contributed by atoms with Crippen LogP contribution in [0, 0.1) is 0 Å². The first-order chi connectivity index (χ1) is 16.9. The van der Waals surface area contributed by atoms with Crippen molar-refractivity contribution in [3.8, 4) is 22.8 Å². The molecule has 0 amide bonds. The topological polar surface area (TPSA) is 37.2 Å². The molecule has 10 heteroatoms. The summed E-state index contributed by atoms with van der Waals surface area (Å²) in [4.78, 5) is -0.0631. The van der Waals surface area contributed by atoms with Gasteiger partial charge in [0.15, 0.2) is 0 Å². The quantitative estimate of drug-likeness (QED) is 0.197. The molecular formula is C26H20F6N2OS. The zero-order valence-electron chi connectivity index (χ0n) is 18.7. The molecule has 0 bridgehead atoms. The lowest BCUT2D eigenvalue weighted by Crippen LogP contribution is -2.06. The highest BCUT2D eigenvalue weighted by atomic mass is 32.2. The average molecular weight is 523 g/mol. The molecule has 1 heterocycles. The van der Waals surface area contributed by atoms with E-state index in [-0.39, 0.29) is 40.0 Å². The van der Waals surface area contributed by atoms with Gasteiger partial charge >= 0.3 is 11.7 Å². The molecule has 4 rings (SSSR count). The third-order valence-corrected chi connectivity index (χ3v) is 6.18. The maximum Gasteiger partial charge on any atom is 0.446 e. The average Bonchev–Trinajstić information content (AvgIpc) is 3.14. The normalized spacial score (nSPS) is 13.0. The van der Waals surface area contributed by atoms with E-state index < -0.39 is 17.2 Å². The van der Waals surface area contributed by atoms with E-state index in [1.807, 2.05) is 37.3 Å². The molecular weight excluding hydrogens is 502 g/mol. The Kier molecular flexibility index (Phi) is 6.99. The molecule has 0 aliphatic rings. The molecule has 188 valence electrons. The van der Waals surface area contributed by atoms with Crippen molar-refractivity contribution in [2.75, 3.05) is 5.32 Å². The zero-order chi connectivity index (χ0) is 26.1. The van der Waals surface area contributed by atoms with Gasteiger partial charge in [0, 0.05) is 16.6 Å². The fourth-order valence-electron chi connectivity index (χ4n) is 3.79. The SMILES string of the molecule is C[C@@H](Nc1cc(-c2cccc(SC(F)(F)F)c2)n(-c2ccc(C(F)(F)F)cc2)c1O)c1ccccc1. The van der Waals surface area contributed by atoms with E-state index in [4.69, 9.17) is 0 Å². The number of halogens is 6. The Morgan fingerprint density at radius 2 is 1.50 bits per heavy atom. The summed E-state index contributed by atoms with van der Waals surface area (Å²) in [6.45, 7) is 1.87. The fraction of sp³-hybridized carbons (Fsp3) is 0.154. The van der Waals surface area contributed by atoms with Crippen LogP contribution in [0.2, 0.25) is 0 Å². The maximum absolute atomic E-state index is 13.1. The van der Waals surface area contributed by atoms with Crippen molar-refractivity contribution >= 4 is 17.4 Å². The van der Waals surface area contributed by atoms with Crippen LogP contribution in [0.3, 0.4) is 0 Å². The summed E-state index contributed by atoms with van der Waals surface area (Å²) < 4.78 is 79.4. The summed E-state index contributed by atoms with van der Waals surface area (Å²) in [5.74, 6) is -0.290. The molecule has 3 nitrogen and oxygen atoms in total. The second-order valence-electron chi connectivity index (χ2n) is 8.00. The van der Waals surface area contributed by atoms with Crippen molar-refractivity contribution in [1.82, 2.24) is 4.57 Å². The summed E-state index contributed by atoms with van der Waals surface area (Å²) in [6, 6.07) is 20.5. The number of thioether (sulfide) groups is 1. The lowest BCUT2D eigenvalue weighted by molar-refractivity contribution is -0.137. The molecule has 36 heavy (non-hydrogen) atoms. The molecule has 0 saturated carbocycles. The third-order valence-electron chi connectivity index (χ3n) is 5.46. The molecule has 0 aliphatic carbocycles. The van der Waals surface area contributed by atoms with E-state index >= 15 is 0 Å². The van der Waals surface area contributed by atoms with Gasteiger partial charge in [-0.25, -0.2) is 0 Å². The minimum absolute atomic E-state index is 0.0631. The van der Waals surface area contributed by atoms with Crippen molar-refractivity contribution in [1.29, 1.82) is 0 Å². The molecule has 1 aromatic heterocycles. The van der Waals surface area contributed by atoms with Crippen LogP contribution in [0.4, 0.5) is 32.0 Å². The van der Waals surface area contributed by atoms with Gasteiger partial charge in [-0.05, 0) is 72.3 Å². The first-order valence-corrected chi connectivity index (χ1v) is 11.5. The number of hydrogen-bond acceptors (Lipinski definition) is 3. The van der Waals surface area contributed by atoms with Gasteiger partial charge in [-0.2, -0.15) is 26.3 Å². The van der Waals surface area contributed by atoms with Gasteiger partial charge in [0.1, 0.15) is 0 Å². The molecule has 0 spiro atoms. The largest absolute Gasteiger partial charge is 0.493 e. The summed E-state index contributed by atoms with van der Waals surface area (Å²) in [5.41, 5.74) is -3.30. The predicted octanol–water partition coefficient (Wildman–Crippen LogP) is 8.65. The number of hydrogen-bond donors (Lipinski definition) is 2. The number of benzene rings is 3.